The average molecular weight is 225 g/mol. The van der Waals surface area contributed by atoms with Crippen LogP contribution in [0.4, 0.5) is 0 Å². The number of rotatable bonds is 3. The molecule has 0 aliphatic carbocycles. The van der Waals surface area contributed by atoms with Crippen LogP contribution in [0.1, 0.15) is 19.8 Å². The van der Waals surface area contributed by atoms with E-state index in [2.05, 4.69) is 11.8 Å². The summed E-state index contributed by atoms with van der Waals surface area (Å²) in [6.07, 6.45) is 1.28. The van der Waals surface area contributed by atoms with Gasteiger partial charge in [-0.05, 0) is 25.7 Å². The Morgan fingerprint density at radius 2 is 2.06 bits per heavy atom. The summed E-state index contributed by atoms with van der Waals surface area (Å²) >= 11 is 0. The van der Waals surface area contributed by atoms with Gasteiger partial charge in [-0.25, -0.2) is 4.79 Å². The molecule has 0 aromatic heterocycles. The van der Waals surface area contributed by atoms with Crippen LogP contribution in [0.5, 0.6) is 0 Å². The Labute approximate surface area is 94.4 Å². The molecule has 0 aromatic carbocycles. The molecule has 5 nitrogen and oxygen atoms in total. The second-order valence-electron chi connectivity index (χ2n) is 3.57. The minimum Gasteiger partial charge on any atom is -0.480 e. The van der Waals surface area contributed by atoms with E-state index in [0.29, 0.717) is 25.9 Å². The number of carbonyl (C=O) groups excluding carboxylic acids is 1. The quantitative estimate of drug-likeness (QED) is 0.692. The van der Waals surface area contributed by atoms with Crippen molar-refractivity contribution >= 4 is 11.9 Å². The predicted molar refractivity (Wildman–Crippen MR) is 56.6 cm³/mol. The van der Waals surface area contributed by atoms with E-state index in [1.54, 1.807) is 11.8 Å². The first kappa shape index (κ1) is 12.5. The fourth-order valence-corrected chi connectivity index (χ4v) is 1.60. The third-order valence-corrected chi connectivity index (χ3v) is 2.40. The SMILES string of the molecule is CC#CC(=O)N1CCC(OCC(=O)O)CC1. The first-order valence-electron chi connectivity index (χ1n) is 5.18. The Bertz CT molecular complexity index is 321. The van der Waals surface area contributed by atoms with E-state index in [1.807, 2.05) is 0 Å². The van der Waals surface area contributed by atoms with Gasteiger partial charge < -0.3 is 14.7 Å². The summed E-state index contributed by atoms with van der Waals surface area (Å²) in [5, 5.41) is 8.45. The lowest BCUT2D eigenvalue weighted by molar-refractivity contribution is -0.146. The average Bonchev–Trinajstić information content (AvgIpc) is 2.27. The lowest BCUT2D eigenvalue weighted by Gasteiger charge is -2.30. The van der Waals surface area contributed by atoms with Crippen molar-refractivity contribution < 1.29 is 19.4 Å². The molecule has 1 amide bonds. The van der Waals surface area contributed by atoms with E-state index in [-0.39, 0.29) is 18.6 Å². The van der Waals surface area contributed by atoms with Gasteiger partial charge in [0.2, 0.25) is 0 Å². The van der Waals surface area contributed by atoms with Gasteiger partial charge in [0.15, 0.2) is 0 Å². The first-order valence-corrected chi connectivity index (χ1v) is 5.18. The van der Waals surface area contributed by atoms with Gasteiger partial charge in [0.05, 0.1) is 6.10 Å². The molecule has 1 fully saturated rings. The van der Waals surface area contributed by atoms with Crippen molar-refractivity contribution in [3.63, 3.8) is 0 Å². The maximum Gasteiger partial charge on any atom is 0.329 e. The molecule has 1 N–H and O–H groups in total. The highest BCUT2D eigenvalue weighted by Gasteiger charge is 2.22. The van der Waals surface area contributed by atoms with Gasteiger partial charge in [0.25, 0.3) is 5.91 Å². The summed E-state index contributed by atoms with van der Waals surface area (Å²) in [6.45, 7) is 2.52. The fourth-order valence-electron chi connectivity index (χ4n) is 1.60. The number of ether oxygens (including phenoxy) is 1. The first-order chi connectivity index (χ1) is 7.63. The lowest BCUT2D eigenvalue weighted by Crippen LogP contribution is -2.40. The molecule has 0 saturated carbocycles. The van der Waals surface area contributed by atoms with E-state index >= 15 is 0 Å². The van der Waals surface area contributed by atoms with E-state index in [9.17, 15) is 9.59 Å². The summed E-state index contributed by atoms with van der Waals surface area (Å²) < 4.78 is 5.16. The summed E-state index contributed by atoms with van der Waals surface area (Å²) in [5.74, 6) is 3.92. The number of likely N-dealkylation sites (tertiary alicyclic amines) is 1. The molecule has 0 atom stereocenters. The molecule has 0 aromatic rings. The highest BCUT2D eigenvalue weighted by atomic mass is 16.5. The Morgan fingerprint density at radius 3 is 2.56 bits per heavy atom. The van der Waals surface area contributed by atoms with Crippen molar-refractivity contribution in [3.8, 4) is 11.8 Å². The highest BCUT2D eigenvalue weighted by Crippen LogP contribution is 2.13. The molecule has 1 heterocycles. The topological polar surface area (TPSA) is 66.8 Å². The normalized spacial score (nSPS) is 16.4. The number of amides is 1. The summed E-state index contributed by atoms with van der Waals surface area (Å²) in [4.78, 5) is 23.3. The minimum absolute atomic E-state index is 0.0604. The van der Waals surface area contributed by atoms with Crippen LogP contribution in [-0.2, 0) is 14.3 Å². The summed E-state index contributed by atoms with van der Waals surface area (Å²) in [6, 6.07) is 0. The van der Waals surface area contributed by atoms with Crippen molar-refractivity contribution in [1.29, 1.82) is 0 Å². The third-order valence-electron chi connectivity index (χ3n) is 2.40. The number of hydrogen-bond donors (Lipinski definition) is 1. The zero-order chi connectivity index (χ0) is 12.0. The number of carboxylic acid groups (broad SMARTS) is 1. The second kappa shape index (κ2) is 6.13. The van der Waals surface area contributed by atoms with Crippen LogP contribution in [-0.4, -0.2) is 47.7 Å². The van der Waals surface area contributed by atoms with Gasteiger partial charge in [-0.2, -0.15) is 0 Å². The zero-order valence-electron chi connectivity index (χ0n) is 9.23. The number of aliphatic carboxylic acids is 1. The molecule has 1 rings (SSSR count). The molecule has 1 saturated heterocycles. The maximum absolute atomic E-state index is 11.4. The monoisotopic (exact) mass is 225 g/mol. The molecule has 0 radical (unpaired) electrons. The standard InChI is InChI=1S/C11H15NO4/c1-2-3-10(13)12-6-4-9(5-7-12)16-8-11(14)15/h9H,4-8H2,1H3,(H,14,15). The van der Waals surface area contributed by atoms with Crippen molar-refractivity contribution in [2.24, 2.45) is 0 Å². The van der Waals surface area contributed by atoms with Crippen molar-refractivity contribution in [2.75, 3.05) is 19.7 Å². The maximum atomic E-state index is 11.4. The smallest absolute Gasteiger partial charge is 0.329 e. The molecule has 5 heteroatoms. The number of piperidine rings is 1. The largest absolute Gasteiger partial charge is 0.480 e. The van der Waals surface area contributed by atoms with Crippen LogP contribution in [0.3, 0.4) is 0 Å². The highest BCUT2D eigenvalue weighted by molar-refractivity contribution is 5.93. The molecule has 16 heavy (non-hydrogen) atoms. The van der Waals surface area contributed by atoms with Crippen LogP contribution < -0.4 is 0 Å². The molecule has 0 spiro atoms. The molecule has 88 valence electrons. The van der Waals surface area contributed by atoms with E-state index in [0.717, 1.165) is 0 Å². The molecule has 0 unspecified atom stereocenters. The molecule has 1 aliphatic heterocycles. The predicted octanol–water partition coefficient (Wildman–Crippen LogP) is 0.102. The van der Waals surface area contributed by atoms with Crippen LogP contribution >= 0.6 is 0 Å². The fraction of sp³-hybridized carbons (Fsp3) is 0.636. The molecular formula is C11H15NO4. The van der Waals surface area contributed by atoms with E-state index in [4.69, 9.17) is 9.84 Å². The van der Waals surface area contributed by atoms with Crippen LogP contribution in [0.25, 0.3) is 0 Å². The van der Waals surface area contributed by atoms with E-state index < -0.39 is 5.97 Å². The van der Waals surface area contributed by atoms with Gasteiger partial charge in [-0.15, -0.1) is 0 Å². The van der Waals surface area contributed by atoms with Gasteiger partial charge in [0.1, 0.15) is 6.61 Å². The molecular weight excluding hydrogens is 210 g/mol. The summed E-state index contributed by atoms with van der Waals surface area (Å²) in [5.41, 5.74) is 0. The van der Waals surface area contributed by atoms with Gasteiger partial charge >= 0.3 is 5.97 Å². The second-order valence-corrected chi connectivity index (χ2v) is 3.57. The number of carboxylic acids is 1. The zero-order valence-corrected chi connectivity index (χ0v) is 9.23. The molecule has 0 bridgehead atoms. The molecule has 1 aliphatic rings. The summed E-state index contributed by atoms with van der Waals surface area (Å²) in [7, 11) is 0. The van der Waals surface area contributed by atoms with Crippen LogP contribution in [0.2, 0.25) is 0 Å². The van der Waals surface area contributed by atoms with Crippen molar-refractivity contribution in [1.82, 2.24) is 4.90 Å². The Balaban J connectivity index is 2.30. The Hall–Kier alpha value is -1.54. The van der Waals surface area contributed by atoms with Crippen LogP contribution in [0, 0.1) is 11.8 Å². The number of hydrogen-bond acceptors (Lipinski definition) is 3. The van der Waals surface area contributed by atoms with E-state index in [1.165, 1.54) is 0 Å². The minimum atomic E-state index is -0.963. The van der Waals surface area contributed by atoms with Crippen molar-refractivity contribution in [2.45, 2.75) is 25.9 Å². The van der Waals surface area contributed by atoms with Gasteiger partial charge in [0, 0.05) is 13.1 Å². The van der Waals surface area contributed by atoms with Crippen molar-refractivity contribution in [3.05, 3.63) is 0 Å². The van der Waals surface area contributed by atoms with Gasteiger partial charge in [-0.3, -0.25) is 4.79 Å². The number of carbonyl (C=O) groups is 2. The lowest BCUT2D eigenvalue weighted by atomic mass is 10.1. The third kappa shape index (κ3) is 3.91. The van der Waals surface area contributed by atoms with Crippen LogP contribution in [0.15, 0.2) is 0 Å². The Morgan fingerprint density at radius 1 is 1.44 bits per heavy atom. The Kier molecular flexibility index (Phi) is 4.80. The van der Waals surface area contributed by atoms with Gasteiger partial charge in [-0.1, -0.05) is 5.92 Å². The number of nitrogens with zero attached hydrogens (tertiary/aromatic N) is 1.